The van der Waals surface area contributed by atoms with Crippen molar-refractivity contribution in [2.45, 2.75) is 27.2 Å². The Kier molecular flexibility index (Phi) is 9.02. The molecule has 2 rings (SSSR count). The summed E-state index contributed by atoms with van der Waals surface area (Å²) in [6.07, 6.45) is 2.00. The van der Waals surface area contributed by atoms with E-state index in [0.717, 1.165) is 11.1 Å². The Labute approximate surface area is 186 Å². The van der Waals surface area contributed by atoms with E-state index in [4.69, 9.17) is 16.3 Å². The molecular weight excluding hydrogens is 420 g/mol. The second-order valence-corrected chi connectivity index (χ2v) is 7.21. The van der Waals surface area contributed by atoms with Crippen molar-refractivity contribution in [3.63, 3.8) is 0 Å². The monoisotopic (exact) mass is 444 g/mol. The highest BCUT2D eigenvalue weighted by Crippen LogP contribution is 2.21. The molecular formula is C22H25ClN4O4. The lowest BCUT2D eigenvalue weighted by Crippen LogP contribution is -2.38. The molecule has 0 bridgehead atoms. The van der Waals surface area contributed by atoms with E-state index < -0.39 is 11.8 Å². The fraction of sp³-hybridized carbons (Fsp3) is 0.273. The van der Waals surface area contributed by atoms with Crippen LogP contribution >= 0.6 is 11.6 Å². The molecule has 0 fully saturated rings. The van der Waals surface area contributed by atoms with Crippen molar-refractivity contribution in [3.05, 3.63) is 58.1 Å². The topological polar surface area (TPSA) is 109 Å². The first kappa shape index (κ1) is 23.9. The molecule has 3 N–H and O–H groups in total. The van der Waals surface area contributed by atoms with E-state index in [1.165, 1.54) is 6.21 Å². The highest BCUT2D eigenvalue weighted by Gasteiger charge is 2.12. The molecule has 0 atom stereocenters. The van der Waals surface area contributed by atoms with E-state index in [2.05, 4.69) is 21.2 Å². The van der Waals surface area contributed by atoms with Crippen molar-refractivity contribution in [3.8, 4) is 5.75 Å². The second kappa shape index (κ2) is 11.7. The first-order chi connectivity index (χ1) is 14.8. The molecule has 3 amide bonds. The summed E-state index contributed by atoms with van der Waals surface area (Å²) >= 11 is 6.02. The van der Waals surface area contributed by atoms with Crippen LogP contribution in [0.1, 0.15) is 30.0 Å². The number of nitrogens with one attached hydrogen (secondary N) is 3. The molecule has 0 aliphatic carbocycles. The van der Waals surface area contributed by atoms with Gasteiger partial charge in [-0.25, -0.2) is 5.43 Å². The summed E-state index contributed by atoms with van der Waals surface area (Å²) in [5.41, 5.74) is 5.45. The standard InChI is InChI=1S/C22H25ClN4O4/c1-4-9-24-21(29)22(30)27-25-12-16-11-17(23)6-8-19(16)31-13-20(28)26-18-7-5-14(2)15(3)10-18/h5-8,10-12H,4,9,13H2,1-3H3,(H,24,29)(H,26,28)(H,27,30)/b25-12-. The zero-order chi connectivity index (χ0) is 22.8. The fourth-order valence-corrected chi connectivity index (χ4v) is 2.62. The number of nitrogens with zero attached hydrogens (tertiary/aromatic N) is 1. The number of rotatable bonds is 8. The highest BCUT2D eigenvalue weighted by atomic mass is 35.5. The Morgan fingerprint density at radius 3 is 2.55 bits per heavy atom. The molecule has 0 heterocycles. The van der Waals surface area contributed by atoms with Gasteiger partial charge in [0, 0.05) is 22.8 Å². The van der Waals surface area contributed by atoms with E-state index in [-0.39, 0.29) is 12.5 Å². The Morgan fingerprint density at radius 2 is 1.84 bits per heavy atom. The maximum absolute atomic E-state index is 12.2. The van der Waals surface area contributed by atoms with Crippen molar-refractivity contribution in [1.82, 2.24) is 10.7 Å². The lowest BCUT2D eigenvalue weighted by atomic mass is 10.1. The zero-order valence-corrected chi connectivity index (χ0v) is 18.4. The number of anilines is 1. The number of benzene rings is 2. The van der Waals surface area contributed by atoms with Gasteiger partial charge in [-0.05, 0) is 61.7 Å². The molecule has 0 spiro atoms. The molecule has 31 heavy (non-hydrogen) atoms. The predicted octanol–water partition coefficient (Wildman–Crippen LogP) is 2.95. The van der Waals surface area contributed by atoms with Crippen molar-refractivity contribution in [2.75, 3.05) is 18.5 Å². The lowest BCUT2D eigenvalue weighted by molar-refractivity contribution is -0.139. The molecule has 0 saturated carbocycles. The number of aryl methyl sites for hydroxylation is 2. The third kappa shape index (κ3) is 7.75. The lowest BCUT2D eigenvalue weighted by Gasteiger charge is -2.11. The zero-order valence-electron chi connectivity index (χ0n) is 17.6. The van der Waals surface area contributed by atoms with E-state index in [1.54, 1.807) is 18.2 Å². The maximum Gasteiger partial charge on any atom is 0.329 e. The van der Waals surface area contributed by atoms with Crippen molar-refractivity contribution in [1.29, 1.82) is 0 Å². The molecule has 2 aromatic rings. The van der Waals surface area contributed by atoms with E-state index in [0.29, 0.717) is 35.0 Å². The molecule has 0 aliphatic rings. The van der Waals surface area contributed by atoms with Gasteiger partial charge < -0.3 is 15.4 Å². The minimum absolute atomic E-state index is 0.235. The Balaban J connectivity index is 1.97. The number of carbonyl (C=O) groups excluding carboxylic acids is 3. The van der Waals surface area contributed by atoms with E-state index in [1.807, 2.05) is 39.0 Å². The van der Waals surface area contributed by atoms with Gasteiger partial charge in [0.1, 0.15) is 5.75 Å². The second-order valence-electron chi connectivity index (χ2n) is 6.77. The Bertz CT molecular complexity index is 991. The smallest absolute Gasteiger partial charge is 0.329 e. The summed E-state index contributed by atoms with van der Waals surface area (Å²) in [6, 6.07) is 10.4. The minimum atomic E-state index is -0.887. The van der Waals surface area contributed by atoms with Crippen LogP contribution in [0, 0.1) is 13.8 Å². The number of hydrazone groups is 1. The quantitative estimate of drug-likeness (QED) is 0.330. The van der Waals surface area contributed by atoms with Crippen molar-refractivity contribution < 1.29 is 19.1 Å². The van der Waals surface area contributed by atoms with Crippen LogP contribution in [0.15, 0.2) is 41.5 Å². The number of hydrogen-bond donors (Lipinski definition) is 3. The SMILES string of the molecule is CCCNC(=O)C(=O)N/N=C\c1cc(Cl)ccc1OCC(=O)Nc1ccc(C)c(C)c1. The first-order valence-corrected chi connectivity index (χ1v) is 10.1. The van der Waals surface area contributed by atoms with Gasteiger partial charge in [0.15, 0.2) is 6.61 Å². The predicted molar refractivity (Wildman–Crippen MR) is 121 cm³/mol. The summed E-state index contributed by atoms with van der Waals surface area (Å²) in [4.78, 5) is 35.5. The van der Waals surface area contributed by atoms with E-state index >= 15 is 0 Å². The van der Waals surface area contributed by atoms with Crippen LogP contribution in [-0.2, 0) is 14.4 Å². The molecule has 2 aromatic carbocycles. The number of carbonyl (C=O) groups is 3. The number of halogens is 1. The van der Waals surface area contributed by atoms with Crippen LogP contribution in [0.25, 0.3) is 0 Å². The van der Waals surface area contributed by atoms with Crippen LogP contribution in [0.3, 0.4) is 0 Å². The van der Waals surface area contributed by atoms with Gasteiger partial charge in [-0.15, -0.1) is 0 Å². The van der Waals surface area contributed by atoms with Crippen molar-refractivity contribution in [2.24, 2.45) is 5.10 Å². The van der Waals surface area contributed by atoms with Crippen molar-refractivity contribution >= 4 is 41.2 Å². The van der Waals surface area contributed by atoms with Gasteiger partial charge in [-0.1, -0.05) is 24.6 Å². The molecule has 0 unspecified atom stereocenters. The van der Waals surface area contributed by atoms with Gasteiger partial charge >= 0.3 is 11.8 Å². The molecule has 8 nitrogen and oxygen atoms in total. The summed E-state index contributed by atoms with van der Waals surface area (Å²) in [5.74, 6) is -1.65. The van der Waals surface area contributed by atoms with Crippen LogP contribution in [0.4, 0.5) is 5.69 Å². The molecule has 0 saturated heterocycles. The van der Waals surface area contributed by atoms with Gasteiger partial charge in [0.2, 0.25) is 0 Å². The van der Waals surface area contributed by atoms with Crippen LogP contribution < -0.4 is 20.8 Å². The van der Waals surface area contributed by atoms with Gasteiger partial charge in [0.25, 0.3) is 5.91 Å². The number of hydrogen-bond acceptors (Lipinski definition) is 5. The Hall–Kier alpha value is -3.39. The summed E-state index contributed by atoms with van der Waals surface area (Å²) in [7, 11) is 0. The van der Waals surface area contributed by atoms with Gasteiger partial charge in [-0.2, -0.15) is 5.10 Å². The largest absolute Gasteiger partial charge is 0.483 e. The number of amides is 3. The molecule has 0 radical (unpaired) electrons. The average molecular weight is 445 g/mol. The fourth-order valence-electron chi connectivity index (χ4n) is 2.44. The summed E-state index contributed by atoms with van der Waals surface area (Å²) in [5, 5.41) is 9.40. The Morgan fingerprint density at radius 1 is 1.06 bits per heavy atom. The molecule has 9 heteroatoms. The van der Waals surface area contributed by atoms with Crippen LogP contribution in [0.5, 0.6) is 5.75 Å². The third-order valence-electron chi connectivity index (χ3n) is 4.23. The highest BCUT2D eigenvalue weighted by molar-refractivity contribution is 6.35. The number of ether oxygens (including phenoxy) is 1. The molecule has 164 valence electrons. The van der Waals surface area contributed by atoms with Crippen LogP contribution in [0.2, 0.25) is 5.02 Å². The van der Waals surface area contributed by atoms with Gasteiger partial charge in [-0.3, -0.25) is 14.4 Å². The molecule has 0 aromatic heterocycles. The maximum atomic E-state index is 12.2. The average Bonchev–Trinajstić information content (AvgIpc) is 2.74. The van der Waals surface area contributed by atoms with E-state index in [9.17, 15) is 14.4 Å². The minimum Gasteiger partial charge on any atom is -0.483 e. The normalized spacial score (nSPS) is 10.6. The molecule has 0 aliphatic heterocycles. The summed E-state index contributed by atoms with van der Waals surface area (Å²) in [6.45, 7) is 5.99. The van der Waals surface area contributed by atoms with Crippen LogP contribution in [-0.4, -0.2) is 37.1 Å². The summed E-state index contributed by atoms with van der Waals surface area (Å²) < 4.78 is 5.58. The third-order valence-corrected chi connectivity index (χ3v) is 4.47. The van der Waals surface area contributed by atoms with Gasteiger partial charge in [0.05, 0.1) is 6.21 Å². The first-order valence-electron chi connectivity index (χ1n) is 9.70.